The van der Waals surface area contributed by atoms with Crippen molar-refractivity contribution in [1.82, 2.24) is 15.5 Å². The van der Waals surface area contributed by atoms with E-state index in [2.05, 4.69) is 21.5 Å². The fraction of sp³-hybridized carbons (Fsp3) is 0.800. The molecule has 2 aliphatic carbocycles. The smallest absolute Gasteiger partial charge is 0.223 e. The summed E-state index contributed by atoms with van der Waals surface area (Å²) in [5.74, 6) is 1.14. The van der Waals surface area contributed by atoms with E-state index in [1.807, 2.05) is 0 Å². The van der Waals surface area contributed by atoms with E-state index in [1.165, 1.54) is 6.26 Å². The quantitative estimate of drug-likeness (QED) is 0.865. The number of hydrogen-bond donors (Lipinski definition) is 1. The molecule has 2 fully saturated rings. The molecule has 0 aromatic carbocycles. The number of hydrogen-bond acceptors (Lipinski definition) is 7. The molecule has 0 amide bonds. The van der Waals surface area contributed by atoms with Crippen LogP contribution in [0.5, 0.6) is 0 Å². The average Bonchev–Trinajstić information content (AvgIpc) is 3.12. The Balaban J connectivity index is 1.80. The Kier molecular flexibility index (Phi) is 3.97. The predicted octanol–water partition coefficient (Wildman–Crippen LogP) is 1.45. The molecule has 126 valence electrons. The first-order valence-corrected chi connectivity index (χ1v) is 9.93. The van der Waals surface area contributed by atoms with Gasteiger partial charge in [0.1, 0.15) is 0 Å². The summed E-state index contributed by atoms with van der Waals surface area (Å²) in [5.41, 5.74) is -1.23. The summed E-state index contributed by atoms with van der Waals surface area (Å²) in [4.78, 5) is 4.38. The van der Waals surface area contributed by atoms with Gasteiger partial charge in [0.05, 0.1) is 22.3 Å². The summed E-state index contributed by atoms with van der Waals surface area (Å²) in [6.07, 6.45) is 6.61. The number of nitrogens with zero attached hydrogens (tertiary/aromatic N) is 3. The van der Waals surface area contributed by atoms with E-state index >= 15 is 0 Å². The molecule has 0 bridgehead atoms. The molecule has 2 saturated carbocycles. The highest BCUT2D eigenvalue weighted by molar-refractivity contribution is 7.91. The van der Waals surface area contributed by atoms with Crippen molar-refractivity contribution in [2.75, 3.05) is 12.8 Å². The lowest BCUT2D eigenvalue weighted by Gasteiger charge is -2.36. The second-order valence-electron chi connectivity index (χ2n) is 6.92. The van der Waals surface area contributed by atoms with Gasteiger partial charge in [0.25, 0.3) is 0 Å². The van der Waals surface area contributed by atoms with E-state index in [1.54, 1.807) is 6.92 Å². The van der Waals surface area contributed by atoms with Crippen LogP contribution in [0.4, 0.5) is 0 Å². The van der Waals surface area contributed by atoms with Crippen LogP contribution in [-0.4, -0.2) is 36.6 Å². The molecule has 2 atom stereocenters. The predicted molar refractivity (Wildman–Crippen MR) is 83.1 cm³/mol. The highest BCUT2D eigenvalue weighted by Gasteiger charge is 2.61. The van der Waals surface area contributed by atoms with Crippen LogP contribution in [-0.2, 0) is 15.4 Å². The third kappa shape index (κ3) is 3.00. The van der Waals surface area contributed by atoms with E-state index in [-0.39, 0.29) is 0 Å². The number of nitriles is 1. The van der Waals surface area contributed by atoms with Crippen molar-refractivity contribution >= 4 is 9.84 Å². The summed E-state index contributed by atoms with van der Waals surface area (Å²) >= 11 is 0. The number of aryl methyl sites for hydroxylation is 1. The Labute approximate surface area is 136 Å². The number of nitrogens with one attached hydrogen (secondary N) is 1. The van der Waals surface area contributed by atoms with Crippen LogP contribution in [0, 0.1) is 23.7 Å². The maximum absolute atomic E-state index is 11.8. The first-order chi connectivity index (χ1) is 10.8. The fourth-order valence-electron chi connectivity index (χ4n) is 3.63. The molecule has 0 radical (unpaired) electrons. The van der Waals surface area contributed by atoms with Crippen LogP contribution in [0.2, 0.25) is 0 Å². The summed E-state index contributed by atoms with van der Waals surface area (Å²) in [7, 11) is -3.19. The molecule has 3 rings (SSSR count). The molecule has 0 aliphatic heterocycles. The van der Waals surface area contributed by atoms with Gasteiger partial charge in [0, 0.05) is 19.7 Å². The first-order valence-electron chi connectivity index (χ1n) is 7.97. The molecular formula is C15H22N4O3S. The van der Waals surface area contributed by atoms with E-state index in [4.69, 9.17) is 4.52 Å². The Morgan fingerprint density at radius 3 is 2.57 bits per heavy atom. The van der Waals surface area contributed by atoms with Crippen molar-refractivity contribution in [1.29, 1.82) is 5.26 Å². The molecule has 7 nitrogen and oxygen atoms in total. The van der Waals surface area contributed by atoms with Crippen LogP contribution in [0.3, 0.4) is 0 Å². The monoisotopic (exact) mass is 338 g/mol. The third-order valence-electron chi connectivity index (χ3n) is 5.15. The van der Waals surface area contributed by atoms with E-state index in [0.717, 1.165) is 32.1 Å². The highest BCUT2D eigenvalue weighted by atomic mass is 32.2. The van der Waals surface area contributed by atoms with Crippen molar-refractivity contribution in [3.8, 4) is 6.07 Å². The van der Waals surface area contributed by atoms with Crippen LogP contribution in [0.15, 0.2) is 4.52 Å². The van der Waals surface area contributed by atoms with Gasteiger partial charge in [-0.3, -0.25) is 0 Å². The standard InChI is InChI=1S/C15H22N4O3S/c1-11-18-13(19-22-11)15(6-4-3-5-7-15)17-10-14(9-16)8-12(14)23(2,20)21/h12,17H,3-8,10H2,1-2H3/t12-,14-/m1/s1. The summed E-state index contributed by atoms with van der Waals surface area (Å²) in [5, 5.41) is 16.4. The molecular weight excluding hydrogens is 316 g/mol. The molecule has 1 N–H and O–H groups in total. The van der Waals surface area contributed by atoms with Crippen LogP contribution in [0.1, 0.15) is 50.2 Å². The van der Waals surface area contributed by atoms with Crippen molar-refractivity contribution in [2.24, 2.45) is 5.41 Å². The minimum Gasteiger partial charge on any atom is -0.340 e. The summed E-state index contributed by atoms with van der Waals surface area (Å²) in [6.45, 7) is 2.10. The van der Waals surface area contributed by atoms with E-state index in [9.17, 15) is 13.7 Å². The lowest BCUT2D eigenvalue weighted by molar-refractivity contribution is 0.205. The molecule has 2 aliphatic rings. The molecule has 1 aromatic heterocycles. The Morgan fingerprint density at radius 2 is 2.09 bits per heavy atom. The zero-order valence-electron chi connectivity index (χ0n) is 13.5. The lowest BCUT2D eigenvalue weighted by Crippen LogP contribution is -2.47. The Hall–Kier alpha value is -1.46. The summed E-state index contributed by atoms with van der Waals surface area (Å²) < 4.78 is 28.6. The molecule has 0 saturated heterocycles. The molecule has 1 aromatic rings. The average molecular weight is 338 g/mol. The van der Waals surface area contributed by atoms with Crippen LogP contribution in [0.25, 0.3) is 0 Å². The zero-order chi connectivity index (χ0) is 16.7. The maximum atomic E-state index is 11.8. The van der Waals surface area contributed by atoms with Gasteiger partial charge in [0.2, 0.25) is 5.89 Å². The Morgan fingerprint density at radius 1 is 1.39 bits per heavy atom. The molecule has 8 heteroatoms. The van der Waals surface area contributed by atoms with Crippen LogP contribution < -0.4 is 5.32 Å². The SMILES string of the molecule is Cc1nc(C2(NC[C@]3(C#N)C[C@H]3S(C)(=O)=O)CCCCC2)no1. The van der Waals surface area contributed by atoms with E-state index < -0.39 is 26.0 Å². The van der Waals surface area contributed by atoms with Gasteiger partial charge in [0.15, 0.2) is 15.7 Å². The number of rotatable bonds is 5. The molecule has 0 unspecified atom stereocenters. The minimum atomic E-state index is -3.19. The van der Waals surface area contributed by atoms with Gasteiger partial charge in [-0.1, -0.05) is 24.4 Å². The van der Waals surface area contributed by atoms with Crippen molar-refractivity contribution in [3.05, 3.63) is 11.7 Å². The van der Waals surface area contributed by atoms with Crippen molar-refractivity contribution in [3.63, 3.8) is 0 Å². The minimum absolute atomic E-state index is 0.342. The van der Waals surface area contributed by atoms with Crippen molar-refractivity contribution in [2.45, 2.75) is 56.2 Å². The van der Waals surface area contributed by atoms with Crippen molar-refractivity contribution < 1.29 is 12.9 Å². The second kappa shape index (κ2) is 5.56. The molecule has 0 spiro atoms. The summed E-state index contributed by atoms with van der Waals surface area (Å²) in [6, 6.07) is 2.22. The lowest BCUT2D eigenvalue weighted by atomic mass is 9.80. The second-order valence-corrected chi connectivity index (χ2v) is 9.15. The largest absolute Gasteiger partial charge is 0.340 e. The van der Waals surface area contributed by atoms with Gasteiger partial charge >= 0.3 is 0 Å². The fourth-order valence-corrected chi connectivity index (χ4v) is 5.19. The number of aromatic nitrogens is 2. The highest BCUT2D eigenvalue weighted by Crippen LogP contribution is 2.50. The normalized spacial score (nSPS) is 29.9. The van der Waals surface area contributed by atoms with Crippen LogP contribution >= 0.6 is 0 Å². The first kappa shape index (κ1) is 16.4. The van der Waals surface area contributed by atoms with E-state index in [0.29, 0.717) is 24.7 Å². The van der Waals surface area contributed by atoms with Gasteiger partial charge in [-0.25, -0.2) is 8.42 Å². The Bertz CT molecular complexity index is 730. The van der Waals surface area contributed by atoms with Gasteiger partial charge in [-0.05, 0) is 19.3 Å². The van der Waals surface area contributed by atoms with Gasteiger partial charge in [-0.15, -0.1) is 0 Å². The molecule has 1 heterocycles. The zero-order valence-corrected chi connectivity index (χ0v) is 14.3. The maximum Gasteiger partial charge on any atom is 0.223 e. The molecule has 23 heavy (non-hydrogen) atoms. The van der Waals surface area contributed by atoms with Gasteiger partial charge < -0.3 is 9.84 Å². The van der Waals surface area contributed by atoms with Gasteiger partial charge in [-0.2, -0.15) is 10.2 Å². The third-order valence-corrected chi connectivity index (χ3v) is 6.80. The topological polar surface area (TPSA) is 109 Å². The number of sulfone groups is 1.